The van der Waals surface area contributed by atoms with Crippen LogP contribution in [0.3, 0.4) is 0 Å². The van der Waals surface area contributed by atoms with Crippen molar-refractivity contribution < 1.29 is 4.74 Å². The molecule has 1 aliphatic carbocycles. The summed E-state index contributed by atoms with van der Waals surface area (Å²) in [7, 11) is 0. The van der Waals surface area contributed by atoms with E-state index >= 15 is 0 Å². The van der Waals surface area contributed by atoms with Gasteiger partial charge in [-0.2, -0.15) is 0 Å². The summed E-state index contributed by atoms with van der Waals surface area (Å²) in [6.45, 7) is 0. The van der Waals surface area contributed by atoms with Gasteiger partial charge in [0.25, 0.3) is 0 Å². The zero-order valence-electron chi connectivity index (χ0n) is 8.08. The summed E-state index contributed by atoms with van der Waals surface area (Å²) in [5.41, 5.74) is 0. The van der Waals surface area contributed by atoms with E-state index in [-0.39, 0.29) is 0 Å². The van der Waals surface area contributed by atoms with E-state index in [0.29, 0.717) is 6.10 Å². The highest BCUT2D eigenvalue weighted by molar-refractivity contribution is 9.10. The quantitative estimate of drug-likeness (QED) is 0.755. The molecule has 2 rings (SSSR count). The molecule has 0 spiro atoms. The molecule has 0 bridgehead atoms. The minimum Gasteiger partial charge on any atom is -0.474 e. The van der Waals surface area contributed by atoms with Gasteiger partial charge >= 0.3 is 0 Å². The smallest absolute Gasteiger partial charge is 0.214 e. The zero-order chi connectivity index (χ0) is 9.80. The fraction of sp³-hybridized carbons (Fsp3) is 0.545. The van der Waals surface area contributed by atoms with Crippen molar-refractivity contribution in [1.29, 1.82) is 0 Å². The Hall–Kier alpha value is -0.570. The number of pyridine rings is 1. The number of rotatable bonds is 2. The second-order valence-electron chi connectivity index (χ2n) is 3.68. The highest BCUT2D eigenvalue weighted by Gasteiger charge is 2.15. The molecule has 0 saturated heterocycles. The first-order chi connectivity index (χ1) is 6.84. The van der Waals surface area contributed by atoms with Crippen LogP contribution in [-0.4, -0.2) is 11.1 Å². The minimum absolute atomic E-state index is 0.380. The van der Waals surface area contributed by atoms with Crippen molar-refractivity contribution in [2.75, 3.05) is 0 Å². The summed E-state index contributed by atoms with van der Waals surface area (Å²) in [6.07, 6.45) is 6.66. The van der Waals surface area contributed by atoms with Crippen LogP contribution in [0.4, 0.5) is 0 Å². The van der Waals surface area contributed by atoms with Crippen LogP contribution in [0.15, 0.2) is 22.8 Å². The molecule has 0 amide bonds. The molecule has 1 fully saturated rings. The van der Waals surface area contributed by atoms with Crippen molar-refractivity contribution >= 4 is 15.9 Å². The summed E-state index contributed by atoms with van der Waals surface area (Å²) in [4.78, 5) is 4.26. The topological polar surface area (TPSA) is 22.1 Å². The van der Waals surface area contributed by atoms with E-state index in [4.69, 9.17) is 4.74 Å². The average Bonchev–Trinajstić information content (AvgIpc) is 2.19. The Kier molecular flexibility index (Phi) is 3.40. The molecule has 1 aliphatic rings. The summed E-state index contributed by atoms with van der Waals surface area (Å²) in [6, 6.07) is 5.78. The first-order valence-corrected chi connectivity index (χ1v) is 5.93. The Bertz CT molecular complexity index is 297. The van der Waals surface area contributed by atoms with E-state index in [2.05, 4.69) is 20.9 Å². The van der Waals surface area contributed by atoms with Gasteiger partial charge in [-0.05, 0) is 47.7 Å². The van der Waals surface area contributed by atoms with Crippen LogP contribution < -0.4 is 4.74 Å². The number of hydrogen-bond donors (Lipinski definition) is 0. The van der Waals surface area contributed by atoms with Gasteiger partial charge in [0.15, 0.2) is 0 Å². The Labute approximate surface area is 92.8 Å². The first-order valence-electron chi connectivity index (χ1n) is 5.14. The molecular formula is C11H14BrNO. The molecule has 0 aromatic carbocycles. The van der Waals surface area contributed by atoms with E-state index < -0.39 is 0 Å². The van der Waals surface area contributed by atoms with E-state index in [1.54, 1.807) is 0 Å². The van der Waals surface area contributed by atoms with Crippen LogP contribution in [0, 0.1) is 0 Å². The lowest BCUT2D eigenvalue weighted by Gasteiger charge is -2.22. The van der Waals surface area contributed by atoms with Crippen molar-refractivity contribution in [3.63, 3.8) is 0 Å². The molecule has 0 N–H and O–H groups in total. The first kappa shape index (κ1) is 9.97. The molecule has 76 valence electrons. The Morgan fingerprint density at radius 1 is 1.21 bits per heavy atom. The third-order valence-electron chi connectivity index (χ3n) is 2.53. The maximum absolute atomic E-state index is 5.80. The van der Waals surface area contributed by atoms with Gasteiger partial charge in [0.2, 0.25) is 5.88 Å². The summed E-state index contributed by atoms with van der Waals surface area (Å²) in [5, 5.41) is 0. The molecule has 0 radical (unpaired) electrons. The van der Waals surface area contributed by atoms with Gasteiger partial charge in [-0.1, -0.05) is 12.5 Å². The second-order valence-corrected chi connectivity index (χ2v) is 4.49. The lowest BCUT2D eigenvalue weighted by Crippen LogP contribution is -2.20. The van der Waals surface area contributed by atoms with Gasteiger partial charge in [0.1, 0.15) is 10.7 Å². The fourth-order valence-electron chi connectivity index (χ4n) is 1.81. The van der Waals surface area contributed by atoms with E-state index in [0.717, 1.165) is 10.5 Å². The van der Waals surface area contributed by atoms with E-state index in [1.165, 1.54) is 32.1 Å². The molecule has 1 heterocycles. The molecule has 2 nitrogen and oxygen atoms in total. The number of aromatic nitrogens is 1. The standard InChI is InChI=1S/C11H14BrNO/c12-10-7-4-8-11(13-10)14-9-5-2-1-3-6-9/h4,7-9H,1-3,5-6H2. The van der Waals surface area contributed by atoms with Crippen molar-refractivity contribution in [2.24, 2.45) is 0 Å². The third kappa shape index (κ3) is 2.71. The fourth-order valence-corrected chi connectivity index (χ4v) is 2.14. The lowest BCUT2D eigenvalue weighted by molar-refractivity contribution is 0.148. The Balaban J connectivity index is 1.95. The van der Waals surface area contributed by atoms with Crippen LogP contribution >= 0.6 is 15.9 Å². The van der Waals surface area contributed by atoms with Crippen LogP contribution in [0.25, 0.3) is 0 Å². The van der Waals surface area contributed by atoms with Gasteiger partial charge in [0.05, 0.1) is 0 Å². The van der Waals surface area contributed by atoms with Crippen LogP contribution in [0.2, 0.25) is 0 Å². The molecule has 1 aromatic heterocycles. The van der Waals surface area contributed by atoms with Crippen molar-refractivity contribution in [3.05, 3.63) is 22.8 Å². The number of ether oxygens (including phenoxy) is 1. The highest BCUT2D eigenvalue weighted by Crippen LogP contribution is 2.22. The molecule has 0 atom stereocenters. The van der Waals surface area contributed by atoms with E-state index in [1.807, 2.05) is 18.2 Å². The molecule has 0 unspecified atom stereocenters. The molecule has 0 aliphatic heterocycles. The molecule has 14 heavy (non-hydrogen) atoms. The summed E-state index contributed by atoms with van der Waals surface area (Å²) >= 11 is 3.34. The molecule has 1 saturated carbocycles. The molecular weight excluding hydrogens is 242 g/mol. The van der Waals surface area contributed by atoms with Gasteiger partial charge in [-0.15, -0.1) is 0 Å². The second kappa shape index (κ2) is 4.78. The minimum atomic E-state index is 0.380. The number of halogens is 1. The average molecular weight is 256 g/mol. The maximum Gasteiger partial charge on any atom is 0.214 e. The van der Waals surface area contributed by atoms with Crippen LogP contribution in [0.5, 0.6) is 5.88 Å². The van der Waals surface area contributed by atoms with Gasteiger partial charge in [-0.3, -0.25) is 0 Å². The SMILES string of the molecule is Brc1cccc(OC2CCCCC2)n1. The predicted octanol–water partition coefficient (Wildman–Crippen LogP) is 3.56. The predicted molar refractivity (Wildman–Crippen MR) is 59.4 cm³/mol. The molecule has 1 aromatic rings. The number of nitrogens with zero attached hydrogens (tertiary/aromatic N) is 1. The lowest BCUT2D eigenvalue weighted by atomic mass is 9.98. The van der Waals surface area contributed by atoms with Gasteiger partial charge in [0, 0.05) is 6.07 Å². The van der Waals surface area contributed by atoms with Crippen LogP contribution in [-0.2, 0) is 0 Å². The van der Waals surface area contributed by atoms with Crippen molar-refractivity contribution in [2.45, 2.75) is 38.2 Å². The summed E-state index contributed by atoms with van der Waals surface area (Å²) < 4.78 is 6.63. The monoisotopic (exact) mass is 255 g/mol. The number of hydrogen-bond acceptors (Lipinski definition) is 2. The maximum atomic E-state index is 5.80. The van der Waals surface area contributed by atoms with E-state index in [9.17, 15) is 0 Å². The van der Waals surface area contributed by atoms with Crippen LogP contribution in [0.1, 0.15) is 32.1 Å². The molecule has 3 heteroatoms. The Morgan fingerprint density at radius 3 is 2.71 bits per heavy atom. The normalized spacial score (nSPS) is 18.1. The third-order valence-corrected chi connectivity index (χ3v) is 2.97. The van der Waals surface area contributed by atoms with Gasteiger partial charge < -0.3 is 4.74 Å². The highest BCUT2D eigenvalue weighted by atomic mass is 79.9. The Morgan fingerprint density at radius 2 is 2.00 bits per heavy atom. The zero-order valence-corrected chi connectivity index (χ0v) is 9.66. The van der Waals surface area contributed by atoms with Crippen molar-refractivity contribution in [1.82, 2.24) is 4.98 Å². The van der Waals surface area contributed by atoms with Gasteiger partial charge in [-0.25, -0.2) is 4.98 Å². The summed E-state index contributed by atoms with van der Waals surface area (Å²) in [5.74, 6) is 0.742. The largest absolute Gasteiger partial charge is 0.474 e. The van der Waals surface area contributed by atoms with Crippen molar-refractivity contribution in [3.8, 4) is 5.88 Å².